The average molecular weight is 218 g/mol. The fourth-order valence-electron chi connectivity index (χ4n) is 1.13. The molecule has 0 aliphatic carbocycles. The third kappa shape index (κ3) is 8.24. The lowest BCUT2D eigenvalue weighted by Crippen LogP contribution is -2.18. The van der Waals surface area contributed by atoms with Gasteiger partial charge in [-0.25, -0.2) is 4.79 Å². The van der Waals surface area contributed by atoms with Gasteiger partial charge in [0.2, 0.25) is 0 Å². The minimum atomic E-state index is -0.670. The fourth-order valence-corrected chi connectivity index (χ4v) is 1.13. The van der Waals surface area contributed by atoms with Gasteiger partial charge in [-0.3, -0.25) is 0 Å². The summed E-state index contributed by atoms with van der Waals surface area (Å²) in [7, 11) is 0. The van der Waals surface area contributed by atoms with Crippen LogP contribution in [0, 0.1) is 0 Å². The van der Waals surface area contributed by atoms with Crippen molar-refractivity contribution in [3.8, 4) is 0 Å². The Hall–Kier alpha value is -0.770. The van der Waals surface area contributed by atoms with E-state index in [-0.39, 0.29) is 19.0 Å². The van der Waals surface area contributed by atoms with E-state index in [1.54, 1.807) is 13.8 Å². The first-order valence-corrected chi connectivity index (χ1v) is 5.55. The van der Waals surface area contributed by atoms with Crippen molar-refractivity contribution in [1.82, 2.24) is 0 Å². The van der Waals surface area contributed by atoms with E-state index in [0.717, 1.165) is 19.3 Å². The van der Waals surface area contributed by atoms with Gasteiger partial charge in [-0.05, 0) is 26.7 Å². The maximum atomic E-state index is 11.0. The molecule has 1 unspecified atom stereocenters. The van der Waals surface area contributed by atoms with Crippen LogP contribution >= 0.6 is 0 Å². The van der Waals surface area contributed by atoms with Gasteiger partial charge in [-0.15, -0.1) is 0 Å². The maximum Gasteiger partial charge on any atom is 0.510 e. The second-order valence-electron chi connectivity index (χ2n) is 3.66. The molecule has 0 aliphatic rings. The van der Waals surface area contributed by atoms with E-state index in [9.17, 15) is 4.79 Å². The molecule has 0 amide bonds. The average Bonchev–Trinajstić information content (AvgIpc) is 2.15. The lowest BCUT2D eigenvalue weighted by Gasteiger charge is -2.15. The van der Waals surface area contributed by atoms with Crippen LogP contribution in [0.2, 0.25) is 0 Å². The third-order valence-corrected chi connectivity index (χ3v) is 1.88. The molecule has 0 aromatic carbocycles. The van der Waals surface area contributed by atoms with Gasteiger partial charge < -0.3 is 14.2 Å². The number of hydrogen-bond acceptors (Lipinski definition) is 4. The number of rotatable bonds is 7. The molecule has 90 valence electrons. The number of hydrogen-bond donors (Lipinski definition) is 0. The largest absolute Gasteiger partial charge is 0.510 e. The van der Waals surface area contributed by atoms with Gasteiger partial charge in [0.25, 0.3) is 0 Å². The van der Waals surface area contributed by atoms with Crippen molar-refractivity contribution in [1.29, 1.82) is 0 Å². The van der Waals surface area contributed by atoms with Crippen LogP contribution in [0.4, 0.5) is 4.79 Å². The van der Waals surface area contributed by atoms with Gasteiger partial charge in [-0.1, -0.05) is 20.3 Å². The molecule has 0 rings (SSSR count). The van der Waals surface area contributed by atoms with E-state index in [1.165, 1.54) is 0 Å². The molecular weight excluding hydrogens is 196 g/mol. The van der Waals surface area contributed by atoms with Crippen LogP contribution in [-0.2, 0) is 14.2 Å². The summed E-state index contributed by atoms with van der Waals surface area (Å²) in [5.74, 6) is 0. The summed E-state index contributed by atoms with van der Waals surface area (Å²) in [4.78, 5) is 11.0. The monoisotopic (exact) mass is 218 g/mol. The van der Waals surface area contributed by atoms with E-state index in [4.69, 9.17) is 14.2 Å². The topological polar surface area (TPSA) is 44.8 Å². The molecule has 0 fully saturated rings. The lowest BCUT2D eigenvalue weighted by molar-refractivity contribution is -0.0837. The minimum absolute atomic E-state index is 0.0237. The fraction of sp³-hybridized carbons (Fsp3) is 0.909. The second kappa shape index (κ2) is 8.53. The Morgan fingerprint density at radius 1 is 1.27 bits per heavy atom. The van der Waals surface area contributed by atoms with Gasteiger partial charge in [0, 0.05) is 0 Å². The Kier molecular flexibility index (Phi) is 8.09. The highest BCUT2D eigenvalue weighted by molar-refractivity contribution is 5.59. The Labute approximate surface area is 91.9 Å². The molecule has 0 radical (unpaired) electrons. The first-order chi connectivity index (χ1) is 7.10. The van der Waals surface area contributed by atoms with Crippen LogP contribution in [-0.4, -0.2) is 25.2 Å². The second-order valence-corrected chi connectivity index (χ2v) is 3.66. The minimum Gasteiger partial charge on any atom is -0.432 e. The van der Waals surface area contributed by atoms with Gasteiger partial charge in [0.1, 0.15) is 0 Å². The molecule has 0 heterocycles. The highest BCUT2D eigenvalue weighted by Gasteiger charge is 2.09. The van der Waals surface area contributed by atoms with Crippen LogP contribution in [0.15, 0.2) is 0 Å². The Bertz CT molecular complexity index is 168. The standard InChI is InChI=1S/C11H22O4/c1-5-7-10(6-2)13-8-14-11(12)15-9(3)4/h9-10H,5-8H2,1-4H3. The van der Waals surface area contributed by atoms with Gasteiger partial charge in [-0.2, -0.15) is 0 Å². The van der Waals surface area contributed by atoms with E-state index < -0.39 is 6.16 Å². The number of carbonyl (C=O) groups excluding carboxylic acids is 1. The number of ether oxygens (including phenoxy) is 3. The molecule has 0 aromatic heterocycles. The van der Waals surface area contributed by atoms with E-state index in [2.05, 4.69) is 6.92 Å². The Balaban J connectivity index is 3.54. The first kappa shape index (κ1) is 14.2. The van der Waals surface area contributed by atoms with Crippen LogP contribution in [0.25, 0.3) is 0 Å². The molecule has 0 spiro atoms. The maximum absolute atomic E-state index is 11.0. The predicted molar refractivity (Wildman–Crippen MR) is 57.6 cm³/mol. The van der Waals surface area contributed by atoms with Crippen molar-refractivity contribution in [2.24, 2.45) is 0 Å². The molecule has 4 nitrogen and oxygen atoms in total. The summed E-state index contributed by atoms with van der Waals surface area (Å²) < 4.78 is 14.9. The highest BCUT2D eigenvalue weighted by Crippen LogP contribution is 2.06. The summed E-state index contributed by atoms with van der Waals surface area (Å²) in [6.45, 7) is 7.67. The van der Waals surface area contributed by atoms with Crippen LogP contribution < -0.4 is 0 Å². The summed E-state index contributed by atoms with van der Waals surface area (Å²) in [5, 5.41) is 0. The first-order valence-electron chi connectivity index (χ1n) is 5.55. The molecule has 0 saturated heterocycles. The van der Waals surface area contributed by atoms with E-state index in [0.29, 0.717) is 0 Å². The number of carbonyl (C=O) groups is 1. The molecule has 15 heavy (non-hydrogen) atoms. The molecule has 0 bridgehead atoms. The summed E-state index contributed by atoms with van der Waals surface area (Å²) in [5.41, 5.74) is 0. The van der Waals surface area contributed by atoms with Gasteiger partial charge >= 0.3 is 6.16 Å². The van der Waals surface area contributed by atoms with Crippen LogP contribution in [0.5, 0.6) is 0 Å². The van der Waals surface area contributed by atoms with Crippen molar-refractivity contribution in [3.63, 3.8) is 0 Å². The summed E-state index contributed by atoms with van der Waals surface area (Å²) in [6.07, 6.45) is 2.32. The summed E-state index contributed by atoms with van der Waals surface area (Å²) in [6, 6.07) is 0. The third-order valence-electron chi connectivity index (χ3n) is 1.88. The molecule has 4 heteroatoms. The summed E-state index contributed by atoms with van der Waals surface area (Å²) >= 11 is 0. The lowest BCUT2D eigenvalue weighted by atomic mass is 10.2. The van der Waals surface area contributed by atoms with Crippen molar-refractivity contribution in [3.05, 3.63) is 0 Å². The Morgan fingerprint density at radius 3 is 2.40 bits per heavy atom. The van der Waals surface area contributed by atoms with Crippen LogP contribution in [0.1, 0.15) is 47.0 Å². The molecule has 1 atom stereocenters. The normalized spacial score (nSPS) is 12.6. The van der Waals surface area contributed by atoms with E-state index >= 15 is 0 Å². The quantitative estimate of drug-likeness (QED) is 0.486. The zero-order valence-corrected chi connectivity index (χ0v) is 10.1. The van der Waals surface area contributed by atoms with Crippen molar-refractivity contribution < 1.29 is 19.0 Å². The molecule has 0 aromatic rings. The molecular formula is C11H22O4. The van der Waals surface area contributed by atoms with E-state index in [1.807, 2.05) is 6.92 Å². The van der Waals surface area contributed by atoms with Crippen LogP contribution in [0.3, 0.4) is 0 Å². The van der Waals surface area contributed by atoms with Crippen molar-refractivity contribution >= 4 is 6.16 Å². The Morgan fingerprint density at radius 2 is 1.93 bits per heavy atom. The van der Waals surface area contributed by atoms with Crippen molar-refractivity contribution in [2.45, 2.75) is 59.2 Å². The molecule has 0 saturated carbocycles. The smallest absolute Gasteiger partial charge is 0.432 e. The zero-order valence-electron chi connectivity index (χ0n) is 10.1. The van der Waals surface area contributed by atoms with Gasteiger partial charge in [0.05, 0.1) is 12.2 Å². The molecule has 0 aliphatic heterocycles. The SMILES string of the molecule is CCCC(CC)OCOC(=O)OC(C)C. The zero-order chi connectivity index (χ0) is 11.7. The van der Waals surface area contributed by atoms with Gasteiger partial charge in [0.15, 0.2) is 6.79 Å². The predicted octanol–water partition coefficient (Wildman–Crippen LogP) is 3.10. The molecule has 0 N–H and O–H groups in total. The highest BCUT2D eigenvalue weighted by atomic mass is 16.8. The van der Waals surface area contributed by atoms with Crippen molar-refractivity contribution in [2.75, 3.05) is 6.79 Å².